The van der Waals surface area contributed by atoms with E-state index in [4.69, 9.17) is 0 Å². The number of nitrogens with zero attached hydrogens (tertiary/aromatic N) is 2. The van der Waals surface area contributed by atoms with Gasteiger partial charge >= 0.3 is 0 Å². The maximum Gasteiger partial charge on any atom is 0.125 e. The van der Waals surface area contributed by atoms with Crippen LogP contribution in [0.25, 0.3) is 42.6 Å². The quantitative estimate of drug-likeness (QED) is 0.232. The normalized spacial score (nSPS) is 11.2. The average Bonchev–Trinajstić information content (AvgIpc) is 3.38. The van der Waals surface area contributed by atoms with E-state index in [0.717, 1.165) is 21.9 Å². The first-order valence-electron chi connectivity index (χ1n) is 12.7. The van der Waals surface area contributed by atoms with Gasteiger partial charge in [0.25, 0.3) is 0 Å². The summed E-state index contributed by atoms with van der Waals surface area (Å²) in [4.78, 5) is 8.06. The largest absolute Gasteiger partial charge is 0.311 e. The van der Waals surface area contributed by atoms with Gasteiger partial charge in [0.1, 0.15) is 4.83 Å². The van der Waals surface area contributed by atoms with E-state index in [9.17, 15) is 0 Å². The Morgan fingerprint density at radius 1 is 0.474 bits per heavy atom. The molecule has 2 nitrogen and oxygen atoms in total. The van der Waals surface area contributed by atoms with E-state index in [1.54, 1.807) is 11.3 Å². The first kappa shape index (κ1) is 22.5. The number of aromatic nitrogens is 1. The molecule has 7 rings (SSSR count). The molecule has 3 heteroatoms. The summed E-state index contributed by atoms with van der Waals surface area (Å²) in [5.41, 5.74) is 8.21. The number of fused-ring (bicyclic) bond motifs is 3. The Balaban J connectivity index is 1.30. The second-order valence-corrected chi connectivity index (χ2v) is 10.3. The van der Waals surface area contributed by atoms with Crippen LogP contribution in [0.15, 0.2) is 146 Å². The minimum Gasteiger partial charge on any atom is -0.311 e. The Labute approximate surface area is 226 Å². The van der Waals surface area contributed by atoms with Gasteiger partial charge in [0.15, 0.2) is 0 Å². The highest BCUT2D eigenvalue weighted by Gasteiger charge is 2.15. The summed E-state index contributed by atoms with van der Waals surface area (Å²) in [6, 6.07) is 49.4. The van der Waals surface area contributed by atoms with E-state index in [0.29, 0.717) is 0 Å². The summed E-state index contributed by atoms with van der Waals surface area (Å²) in [7, 11) is 0. The van der Waals surface area contributed by atoms with Gasteiger partial charge in [-0.2, -0.15) is 0 Å². The van der Waals surface area contributed by atoms with Gasteiger partial charge in [-0.25, -0.2) is 4.98 Å². The lowest BCUT2D eigenvalue weighted by atomic mass is 10.0. The Morgan fingerprint density at radius 3 is 1.74 bits per heavy atom. The summed E-state index contributed by atoms with van der Waals surface area (Å²) in [6.45, 7) is 0. The van der Waals surface area contributed by atoms with Crippen molar-refractivity contribution in [2.24, 2.45) is 0 Å². The number of hydrogen-bond acceptors (Lipinski definition) is 3. The van der Waals surface area contributed by atoms with Crippen LogP contribution in [0.2, 0.25) is 0 Å². The third kappa shape index (κ3) is 4.03. The van der Waals surface area contributed by atoms with Gasteiger partial charge in [-0.1, -0.05) is 91.0 Å². The smallest absolute Gasteiger partial charge is 0.125 e. The fourth-order valence-electron chi connectivity index (χ4n) is 5.14. The van der Waals surface area contributed by atoms with E-state index in [-0.39, 0.29) is 0 Å². The Hall–Kier alpha value is -4.73. The Morgan fingerprint density at radius 2 is 1.03 bits per heavy atom. The molecule has 0 atom stereocenters. The van der Waals surface area contributed by atoms with Crippen molar-refractivity contribution in [2.45, 2.75) is 0 Å². The lowest BCUT2D eigenvalue weighted by molar-refractivity contribution is 1.28. The van der Waals surface area contributed by atoms with Crippen molar-refractivity contribution < 1.29 is 0 Å². The predicted octanol–water partition coefficient (Wildman–Crippen LogP) is 10.3. The monoisotopic (exact) mass is 504 g/mol. The molecule has 0 amide bonds. The van der Waals surface area contributed by atoms with Crippen molar-refractivity contribution >= 4 is 48.7 Å². The van der Waals surface area contributed by atoms with Crippen molar-refractivity contribution in [3.05, 3.63) is 146 Å². The highest BCUT2D eigenvalue weighted by molar-refractivity contribution is 7.25. The number of hydrogen-bond donors (Lipinski definition) is 0. The summed E-state index contributed by atoms with van der Waals surface area (Å²) in [5, 5.41) is 2.50. The highest BCUT2D eigenvalue weighted by Crippen LogP contribution is 2.40. The van der Waals surface area contributed by atoms with Crippen LogP contribution < -0.4 is 4.90 Å². The molecule has 2 heterocycles. The molecule has 38 heavy (non-hydrogen) atoms. The Kier molecular flexibility index (Phi) is 5.69. The van der Waals surface area contributed by atoms with Gasteiger partial charge in [0.2, 0.25) is 0 Å². The Bertz CT molecular complexity index is 1840. The van der Waals surface area contributed by atoms with Gasteiger partial charge in [0, 0.05) is 38.7 Å². The van der Waals surface area contributed by atoms with Crippen molar-refractivity contribution in [2.75, 3.05) is 4.90 Å². The first-order chi connectivity index (χ1) is 18.8. The summed E-state index contributed by atoms with van der Waals surface area (Å²) >= 11 is 1.75. The predicted molar refractivity (Wildman–Crippen MR) is 163 cm³/mol. The summed E-state index contributed by atoms with van der Waals surface area (Å²) < 4.78 is 1.27. The van der Waals surface area contributed by atoms with E-state index >= 15 is 0 Å². The van der Waals surface area contributed by atoms with Gasteiger partial charge in [-0.05, 0) is 70.8 Å². The van der Waals surface area contributed by atoms with Crippen LogP contribution in [0.4, 0.5) is 17.1 Å². The van der Waals surface area contributed by atoms with Gasteiger partial charge < -0.3 is 4.90 Å². The SMILES string of the molecule is c1ccc(-c2ccc(N(c3ccccc3)c3ccc(-c4ccnc5sc6ccccc6c45)cc3)cc2)cc1. The van der Waals surface area contributed by atoms with Crippen molar-refractivity contribution in [3.63, 3.8) is 0 Å². The molecule has 0 unspecified atom stereocenters. The first-order valence-corrected chi connectivity index (χ1v) is 13.5. The zero-order valence-electron chi connectivity index (χ0n) is 20.7. The maximum atomic E-state index is 4.67. The minimum absolute atomic E-state index is 1.08. The van der Waals surface area contributed by atoms with E-state index in [1.807, 2.05) is 6.20 Å². The third-order valence-electron chi connectivity index (χ3n) is 6.96. The maximum absolute atomic E-state index is 4.67. The zero-order chi connectivity index (χ0) is 25.3. The molecule has 180 valence electrons. The van der Waals surface area contributed by atoms with E-state index in [2.05, 4.69) is 149 Å². The number of rotatable bonds is 5. The van der Waals surface area contributed by atoms with Crippen molar-refractivity contribution in [3.8, 4) is 22.3 Å². The van der Waals surface area contributed by atoms with Crippen LogP contribution >= 0.6 is 11.3 Å². The highest BCUT2D eigenvalue weighted by atomic mass is 32.1. The molecule has 7 aromatic rings. The molecule has 0 spiro atoms. The van der Waals surface area contributed by atoms with Gasteiger partial charge in [-0.3, -0.25) is 0 Å². The summed E-state index contributed by atoms with van der Waals surface area (Å²) in [6.07, 6.45) is 1.92. The van der Waals surface area contributed by atoms with Crippen LogP contribution in [-0.4, -0.2) is 4.98 Å². The van der Waals surface area contributed by atoms with Crippen LogP contribution in [0, 0.1) is 0 Å². The van der Waals surface area contributed by atoms with Crippen molar-refractivity contribution in [1.82, 2.24) is 4.98 Å². The minimum atomic E-state index is 1.08. The molecule has 0 aliphatic rings. The fourth-order valence-corrected chi connectivity index (χ4v) is 6.21. The molecule has 0 radical (unpaired) electrons. The molecule has 0 aliphatic heterocycles. The molecule has 0 aliphatic carbocycles. The van der Waals surface area contributed by atoms with E-state index < -0.39 is 0 Å². The second-order valence-electron chi connectivity index (χ2n) is 9.27. The molecule has 5 aromatic carbocycles. The number of anilines is 3. The van der Waals surface area contributed by atoms with E-state index in [1.165, 1.54) is 37.7 Å². The number of thiophene rings is 1. The van der Waals surface area contributed by atoms with Crippen LogP contribution in [0.5, 0.6) is 0 Å². The third-order valence-corrected chi connectivity index (χ3v) is 8.04. The van der Waals surface area contributed by atoms with Crippen LogP contribution in [-0.2, 0) is 0 Å². The molecular weight excluding hydrogens is 480 g/mol. The topological polar surface area (TPSA) is 16.1 Å². The van der Waals surface area contributed by atoms with Gasteiger partial charge in [-0.15, -0.1) is 11.3 Å². The molecule has 0 N–H and O–H groups in total. The van der Waals surface area contributed by atoms with Crippen LogP contribution in [0.3, 0.4) is 0 Å². The number of para-hydroxylation sites is 1. The molecule has 2 aromatic heterocycles. The lowest BCUT2D eigenvalue weighted by Gasteiger charge is -2.26. The molecule has 0 fully saturated rings. The number of benzene rings is 5. The summed E-state index contributed by atoms with van der Waals surface area (Å²) in [5.74, 6) is 0. The lowest BCUT2D eigenvalue weighted by Crippen LogP contribution is -2.09. The molecule has 0 saturated heterocycles. The van der Waals surface area contributed by atoms with Crippen LogP contribution in [0.1, 0.15) is 0 Å². The standard InChI is InChI=1S/C35H24N2S/c1-3-9-25(10-4-1)26-15-19-29(20-16-26)37(28-11-5-2-6-12-28)30-21-17-27(18-22-30)31-23-24-36-35-34(31)32-13-7-8-14-33(32)38-35/h1-24H. The van der Waals surface area contributed by atoms with Crippen molar-refractivity contribution in [1.29, 1.82) is 0 Å². The molecule has 0 saturated carbocycles. The average molecular weight is 505 g/mol. The zero-order valence-corrected chi connectivity index (χ0v) is 21.5. The number of pyridine rings is 1. The molecule has 0 bridgehead atoms. The fraction of sp³-hybridized carbons (Fsp3) is 0. The molecular formula is C35H24N2S. The second kappa shape index (κ2) is 9.62. The van der Waals surface area contributed by atoms with Gasteiger partial charge in [0.05, 0.1) is 0 Å².